The largest absolute Gasteiger partial charge is 0.411 e. The van der Waals surface area contributed by atoms with Gasteiger partial charge >= 0.3 is 0 Å². The molecule has 3 nitrogen and oxygen atoms in total. The van der Waals surface area contributed by atoms with Crippen LogP contribution in [0, 0.1) is 23.7 Å². The highest BCUT2D eigenvalue weighted by Crippen LogP contribution is 2.53. The van der Waals surface area contributed by atoms with E-state index in [0.717, 1.165) is 11.3 Å². The van der Waals surface area contributed by atoms with Crippen molar-refractivity contribution in [1.82, 2.24) is 0 Å². The van der Waals surface area contributed by atoms with Crippen molar-refractivity contribution < 1.29 is 5.21 Å². The number of hydrogen-bond acceptors (Lipinski definition) is 3. The van der Waals surface area contributed by atoms with Gasteiger partial charge in [0.1, 0.15) is 0 Å². The van der Waals surface area contributed by atoms with E-state index < -0.39 is 0 Å². The Morgan fingerprint density at radius 3 is 2.93 bits per heavy atom. The van der Waals surface area contributed by atoms with Gasteiger partial charge in [0.25, 0.3) is 0 Å². The van der Waals surface area contributed by atoms with E-state index in [1.807, 2.05) is 0 Å². The Balaban J connectivity index is 2.02. The lowest BCUT2D eigenvalue weighted by Crippen LogP contribution is -2.23. The van der Waals surface area contributed by atoms with Crippen LogP contribution in [0.5, 0.6) is 0 Å². The zero-order valence-corrected chi connectivity index (χ0v) is 7.93. The first-order chi connectivity index (χ1) is 6.85. The third-order valence-electron chi connectivity index (χ3n) is 3.89. The molecule has 2 bridgehead atoms. The normalized spacial score (nSPS) is 46.1. The van der Waals surface area contributed by atoms with Gasteiger partial charge in [-0.2, -0.15) is 0 Å². The van der Waals surface area contributed by atoms with Gasteiger partial charge in [0.05, 0.1) is 5.71 Å². The van der Waals surface area contributed by atoms with Crippen LogP contribution in [0.25, 0.3) is 0 Å². The molecule has 1 fully saturated rings. The van der Waals surface area contributed by atoms with Crippen LogP contribution in [0.4, 0.5) is 0 Å². The first kappa shape index (κ1) is 8.24. The van der Waals surface area contributed by atoms with Crippen LogP contribution in [0.3, 0.4) is 0 Å². The fraction of sp³-hybridized carbons (Fsp3) is 0.545. The summed E-state index contributed by atoms with van der Waals surface area (Å²) in [6.07, 6.45) is 8.01. The van der Waals surface area contributed by atoms with E-state index in [1.165, 1.54) is 6.42 Å². The summed E-state index contributed by atoms with van der Waals surface area (Å²) in [6.45, 7) is 0.492. The predicted octanol–water partition coefficient (Wildman–Crippen LogP) is 1.15. The lowest BCUT2D eigenvalue weighted by atomic mass is 9.84. The van der Waals surface area contributed by atoms with Crippen molar-refractivity contribution >= 4 is 5.71 Å². The third-order valence-corrected chi connectivity index (χ3v) is 3.89. The second-order valence-corrected chi connectivity index (χ2v) is 4.43. The molecule has 3 aliphatic carbocycles. The van der Waals surface area contributed by atoms with Gasteiger partial charge in [-0.3, -0.25) is 0 Å². The summed E-state index contributed by atoms with van der Waals surface area (Å²) in [7, 11) is 0. The second kappa shape index (κ2) is 2.70. The van der Waals surface area contributed by atoms with Crippen molar-refractivity contribution in [3.05, 3.63) is 23.8 Å². The van der Waals surface area contributed by atoms with Crippen LogP contribution in [0.2, 0.25) is 0 Å². The monoisotopic (exact) mass is 190 g/mol. The zero-order chi connectivity index (χ0) is 9.71. The van der Waals surface area contributed by atoms with E-state index in [4.69, 9.17) is 10.9 Å². The predicted molar refractivity (Wildman–Crippen MR) is 54.1 cm³/mol. The van der Waals surface area contributed by atoms with E-state index in [1.54, 1.807) is 0 Å². The summed E-state index contributed by atoms with van der Waals surface area (Å²) < 4.78 is 0. The number of allylic oxidation sites excluding steroid dienone is 3. The molecular formula is C11H14N2O. The lowest BCUT2D eigenvalue weighted by Gasteiger charge is -2.19. The van der Waals surface area contributed by atoms with Gasteiger partial charge in [-0.25, -0.2) is 0 Å². The maximum absolute atomic E-state index is 9.01. The SMILES string of the molecule is NCC1=CC2C3C=CC(C3)C2/C1=N/O. The summed E-state index contributed by atoms with van der Waals surface area (Å²) in [4.78, 5) is 0. The summed E-state index contributed by atoms with van der Waals surface area (Å²) in [5.74, 6) is 2.20. The molecule has 3 heteroatoms. The molecule has 0 aliphatic heterocycles. The lowest BCUT2D eigenvalue weighted by molar-refractivity contribution is 0.312. The number of nitrogens with zero attached hydrogens (tertiary/aromatic N) is 1. The first-order valence-electron chi connectivity index (χ1n) is 5.16. The van der Waals surface area contributed by atoms with Crippen molar-refractivity contribution in [1.29, 1.82) is 0 Å². The molecular weight excluding hydrogens is 176 g/mol. The standard InChI is InChI=1S/C11H14N2O/c12-5-8-4-9-6-1-2-7(3-6)10(9)11(8)13-14/h1-2,4,6-7,9-10,14H,3,5,12H2/b13-11+. The molecule has 0 heterocycles. The molecule has 0 radical (unpaired) electrons. The minimum atomic E-state index is 0.411. The maximum Gasteiger partial charge on any atom is 0.0880 e. The number of oxime groups is 1. The van der Waals surface area contributed by atoms with E-state index in [9.17, 15) is 0 Å². The van der Waals surface area contributed by atoms with Gasteiger partial charge in [-0.15, -0.1) is 0 Å². The van der Waals surface area contributed by atoms with Crippen LogP contribution in [-0.4, -0.2) is 17.5 Å². The van der Waals surface area contributed by atoms with Crippen LogP contribution < -0.4 is 5.73 Å². The molecule has 0 aromatic heterocycles. The Morgan fingerprint density at radius 2 is 2.21 bits per heavy atom. The van der Waals surface area contributed by atoms with Crippen LogP contribution in [0.15, 0.2) is 29.0 Å². The highest BCUT2D eigenvalue weighted by atomic mass is 16.4. The number of nitrogens with two attached hydrogens (primary N) is 1. The smallest absolute Gasteiger partial charge is 0.0880 e. The van der Waals surface area contributed by atoms with Crippen molar-refractivity contribution in [3.63, 3.8) is 0 Å². The molecule has 3 rings (SSSR count). The van der Waals surface area contributed by atoms with Gasteiger partial charge in [-0.1, -0.05) is 23.4 Å². The van der Waals surface area contributed by atoms with Crippen LogP contribution >= 0.6 is 0 Å². The molecule has 4 atom stereocenters. The molecule has 14 heavy (non-hydrogen) atoms. The number of hydrogen-bond donors (Lipinski definition) is 2. The Morgan fingerprint density at radius 1 is 1.43 bits per heavy atom. The average Bonchev–Trinajstić information content (AvgIpc) is 2.87. The Hall–Kier alpha value is -1.09. The van der Waals surface area contributed by atoms with Gasteiger partial charge < -0.3 is 10.9 Å². The zero-order valence-electron chi connectivity index (χ0n) is 7.93. The van der Waals surface area contributed by atoms with Crippen molar-refractivity contribution in [2.45, 2.75) is 6.42 Å². The van der Waals surface area contributed by atoms with Gasteiger partial charge in [-0.05, 0) is 29.7 Å². The fourth-order valence-corrected chi connectivity index (χ4v) is 3.31. The van der Waals surface area contributed by atoms with Gasteiger partial charge in [0, 0.05) is 12.5 Å². The summed E-state index contributed by atoms with van der Waals surface area (Å²) in [5.41, 5.74) is 7.52. The Bertz CT molecular complexity index is 356. The second-order valence-electron chi connectivity index (χ2n) is 4.43. The van der Waals surface area contributed by atoms with Crippen molar-refractivity contribution in [3.8, 4) is 0 Å². The number of rotatable bonds is 1. The van der Waals surface area contributed by atoms with E-state index in [2.05, 4.69) is 23.4 Å². The van der Waals surface area contributed by atoms with Gasteiger partial charge in [0.2, 0.25) is 0 Å². The maximum atomic E-state index is 9.01. The summed E-state index contributed by atoms with van der Waals surface area (Å²) in [6, 6.07) is 0. The highest BCUT2D eigenvalue weighted by molar-refractivity contribution is 6.05. The summed E-state index contributed by atoms with van der Waals surface area (Å²) >= 11 is 0. The van der Waals surface area contributed by atoms with Crippen molar-refractivity contribution in [2.24, 2.45) is 34.6 Å². The molecule has 0 spiro atoms. The first-order valence-corrected chi connectivity index (χ1v) is 5.16. The molecule has 0 amide bonds. The average molecular weight is 190 g/mol. The molecule has 3 aliphatic rings. The Labute approximate surface area is 83.0 Å². The molecule has 0 saturated heterocycles. The molecule has 4 unspecified atom stereocenters. The molecule has 1 saturated carbocycles. The van der Waals surface area contributed by atoms with E-state index >= 15 is 0 Å². The van der Waals surface area contributed by atoms with Gasteiger partial charge in [0.15, 0.2) is 0 Å². The fourth-order valence-electron chi connectivity index (χ4n) is 3.31. The van der Waals surface area contributed by atoms with E-state index in [0.29, 0.717) is 30.2 Å². The van der Waals surface area contributed by atoms with Crippen LogP contribution in [-0.2, 0) is 0 Å². The topological polar surface area (TPSA) is 58.6 Å². The molecule has 74 valence electrons. The minimum absolute atomic E-state index is 0.411. The molecule has 0 aromatic carbocycles. The third kappa shape index (κ3) is 0.831. The Kier molecular flexibility index (Phi) is 1.59. The highest BCUT2D eigenvalue weighted by Gasteiger charge is 2.49. The van der Waals surface area contributed by atoms with E-state index in [-0.39, 0.29) is 0 Å². The quantitative estimate of drug-likeness (QED) is 0.370. The number of fused-ring (bicyclic) bond motifs is 5. The van der Waals surface area contributed by atoms with Crippen LogP contribution in [0.1, 0.15) is 6.42 Å². The summed E-state index contributed by atoms with van der Waals surface area (Å²) in [5, 5.41) is 12.4. The minimum Gasteiger partial charge on any atom is -0.411 e. The molecule has 3 N–H and O–H groups in total. The van der Waals surface area contributed by atoms with Crippen molar-refractivity contribution in [2.75, 3.05) is 6.54 Å². The molecule has 0 aromatic rings.